The third-order valence-electron chi connectivity index (χ3n) is 2.48. The number of nitrogens with two attached hydrogens (primary N) is 1. The van der Waals surface area contributed by atoms with Gasteiger partial charge >= 0.3 is 0 Å². The highest BCUT2D eigenvalue weighted by Crippen LogP contribution is 2.20. The van der Waals surface area contributed by atoms with Gasteiger partial charge in [0.1, 0.15) is 6.54 Å². The molecule has 0 radical (unpaired) electrons. The van der Waals surface area contributed by atoms with Gasteiger partial charge in [-0.15, -0.1) is 0 Å². The number of amides is 1. The van der Waals surface area contributed by atoms with Gasteiger partial charge in [0.2, 0.25) is 11.3 Å². The molecule has 0 spiro atoms. The normalized spacial score (nSPS) is 10.2. The van der Waals surface area contributed by atoms with Gasteiger partial charge in [0.15, 0.2) is 0 Å². The molecule has 0 atom stereocenters. The number of hydrogen-bond donors (Lipinski definition) is 2. The Morgan fingerprint density at radius 2 is 2.05 bits per heavy atom. The number of halogens is 1. The standard InChI is InChI=1S/C13H12BrN3O2/c14-9-3-1-2-4-11(9)16-13(19)8-17-6-5-12(18)10(15)7-17/h1-7H,8,15H2,(H,16,19). The van der Waals surface area contributed by atoms with E-state index < -0.39 is 0 Å². The number of nitrogens with one attached hydrogen (secondary N) is 1. The quantitative estimate of drug-likeness (QED) is 0.905. The highest BCUT2D eigenvalue weighted by Gasteiger charge is 2.05. The molecule has 0 saturated heterocycles. The molecule has 19 heavy (non-hydrogen) atoms. The highest BCUT2D eigenvalue weighted by molar-refractivity contribution is 9.10. The fraction of sp³-hybridized carbons (Fsp3) is 0.0769. The Hall–Kier alpha value is -2.08. The fourth-order valence-electron chi connectivity index (χ4n) is 1.56. The van der Waals surface area contributed by atoms with Crippen LogP contribution in [0.1, 0.15) is 0 Å². The van der Waals surface area contributed by atoms with Gasteiger partial charge < -0.3 is 15.6 Å². The minimum Gasteiger partial charge on any atom is -0.394 e. The van der Waals surface area contributed by atoms with E-state index in [2.05, 4.69) is 21.2 Å². The number of pyridine rings is 1. The number of aromatic nitrogens is 1. The molecule has 1 aromatic heterocycles. The van der Waals surface area contributed by atoms with Gasteiger partial charge in [0.05, 0.1) is 11.4 Å². The van der Waals surface area contributed by atoms with Crippen molar-refractivity contribution >= 4 is 33.2 Å². The van der Waals surface area contributed by atoms with Crippen LogP contribution in [0, 0.1) is 0 Å². The summed E-state index contributed by atoms with van der Waals surface area (Å²) >= 11 is 3.35. The molecule has 0 saturated carbocycles. The average molecular weight is 322 g/mol. The number of carbonyl (C=O) groups is 1. The SMILES string of the molecule is Nc1cn(CC(=O)Nc2ccccc2Br)ccc1=O. The van der Waals surface area contributed by atoms with E-state index in [1.807, 2.05) is 18.2 Å². The Kier molecular flexibility index (Phi) is 4.01. The summed E-state index contributed by atoms with van der Waals surface area (Å²) in [5, 5.41) is 2.77. The zero-order chi connectivity index (χ0) is 13.8. The fourth-order valence-corrected chi connectivity index (χ4v) is 1.95. The van der Waals surface area contributed by atoms with Gasteiger partial charge in [-0.3, -0.25) is 9.59 Å². The van der Waals surface area contributed by atoms with E-state index >= 15 is 0 Å². The van der Waals surface area contributed by atoms with E-state index in [9.17, 15) is 9.59 Å². The van der Waals surface area contributed by atoms with Crippen LogP contribution >= 0.6 is 15.9 Å². The third-order valence-corrected chi connectivity index (χ3v) is 3.17. The first-order chi connectivity index (χ1) is 9.06. The second-order valence-electron chi connectivity index (χ2n) is 3.96. The molecule has 0 aliphatic carbocycles. The summed E-state index contributed by atoms with van der Waals surface area (Å²) in [5.74, 6) is -0.199. The van der Waals surface area contributed by atoms with Crippen molar-refractivity contribution in [3.63, 3.8) is 0 Å². The molecule has 3 N–H and O–H groups in total. The lowest BCUT2D eigenvalue weighted by molar-refractivity contribution is -0.116. The summed E-state index contributed by atoms with van der Waals surface area (Å²) < 4.78 is 2.37. The van der Waals surface area contributed by atoms with Crippen LogP contribution < -0.4 is 16.5 Å². The van der Waals surface area contributed by atoms with Crippen molar-refractivity contribution in [2.75, 3.05) is 11.1 Å². The number of benzene rings is 1. The molecule has 98 valence electrons. The number of nitrogen functional groups attached to an aromatic ring is 1. The first kappa shape index (κ1) is 13.4. The number of hydrogen-bond acceptors (Lipinski definition) is 3. The van der Waals surface area contributed by atoms with Crippen molar-refractivity contribution in [3.05, 3.63) is 57.4 Å². The number of rotatable bonds is 3. The molecule has 2 aromatic rings. The first-order valence-electron chi connectivity index (χ1n) is 5.56. The Bertz CT molecular complexity index is 667. The number of nitrogens with zero attached hydrogens (tertiary/aromatic N) is 1. The summed E-state index contributed by atoms with van der Waals surface area (Å²) in [6.07, 6.45) is 2.97. The highest BCUT2D eigenvalue weighted by atomic mass is 79.9. The van der Waals surface area contributed by atoms with Crippen LogP contribution in [-0.2, 0) is 11.3 Å². The molecule has 6 heteroatoms. The summed E-state index contributed by atoms with van der Waals surface area (Å²) in [5.41, 5.74) is 6.07. The smallest absolute Gasteiger partial charge is 0.244 e. The van der Waals surface area contributed by atoms with Gasteiger partial charge in [0.25, 0.3) is 0 Å². The minimum atomic E-state index is -0.248. The predicted molar refractivity (Wildman–Crippen MR) is 77.9 cm³/mol. The maximum absolute atomic E-state index is 11.9. The summed E-state index contributed by atoms with van der Waals surface area (Å²) in [7, 11) is 0. The number of para-hydroxylation sites is 1. The van der Waals surface area contributed by atoms with Gasteiger partial charge in [-0.05, 0) is 28.1 Å². The van der Waals surface area contributed by atoms with Crippen molar-refractivity contribution in [2.24, 2.45) is 0 Å². The average Bonchev–Trinajstić information content (AvgIpc) is 2.37. The van der Waals surface area contributed by atoms with Gasteiger partial charge in [-0.1, -0.05) is 12.1 Å². The van der Waals surface area contributed by atoms with Crippen molar-refractivity contribution in [2.45, 2.75) is 6.54 Å². The molecule has 0 unspecified atom stereocenters. The van der Waals surface area contributed by atoms with Gasteiger partial charge in [-0.2, -0.15) is 0 Å². The minimum absolute atomic E-state index is 0.0891. The van der Waals surface area contributed by atoms with E-state index in [-0.39, 0.29) is 23.6 Å². The molecule has 1 aromatic carbocycles. The maximum atomic E-state index is 11.9. The van der Waals surface area contributed by atoms with Crippen molar-refractivity contribution in [1.82, 2.24) is 4.57 Å². The molecule has 2 rings (SSSR count). The summed E-state index contributed by atoms with van der Waals surface area (Å²) in [6, 6.07) is 8.66. The second kappa shape index (κ2) is 5.71. The van der Waals surface area contributed by atoms with Gasteiger partial charge in [-0.25, -0.2) is 0 Å². The molecule has 0 aliphatic rings. The van der Waals surface area contributed by atoms with Crippen LogP contribution in [0.25, 0.3) is 0 Å². The lowest BCUT2D eigenvalue weighted by Crippen LogP contribution is -2.20. The van der Waals surface area contributed by atoms with Crippen LogP contribution in [0.2, 0.25) is 0 Å². The monoisotopic (exact) mass is 321 g/mol. The summed E-state index contributed by atoms with van der Waals surface area (Å²) in [4.78, 5) is 23.0. The second-order valence-corrected chi connectivity index (χ2v) is 4.82. The Morgan fingerprint density at radius 1 is 1.32 bits per heavy atom. The molecule has 1 heterocycles. The molecule has 0 bridgehead atoms. The van der Waals surface area contributed by atoms with Crippen LogP contribution in [0.4, 0.5) is 11.4 Å². The third kappa shape index (κ3) is 3.45. The number of carbonyl (C=O) groups excluding carboxylic acids is 1. The summed E-state index contributed by atoms with van der Waals surface area (Å²) in [6.45, 7) is 0.0891. The molecule has 0 aliphatic heterocycles. The van der Waals surface area contributed by atoms with Crippen LogP contribution in [-0.4, -0.2) is 10.5 Å². The Balaban J connectivity index is 2.07. The van der Waals surface area contributed by atoms with Crippen LogP contribution in [0.15, 0.2) is 52.0 Å². The maximum Gasteiger partial charge on any atom is 0.244 e. The molecule has 1 amide bonds. The zero-order valence-electron chi connectivity index (χ0n) is 9.97. The predicted octanol–water partition coefficient (Wildman–Crippen LogP) is 1.83. The van der Waals surface area contributed by atoms with E-state index in [0.717, 1.165) is 4.47 Å². The molecular weight excluding hydrogens is 310 g/mol. The van der Waals surface area contributed by atoms with Crippen LogP contribution in [0.5, 0.6) is 0 Å². The zero-order valence-corrected chi connectivity index (χ0v) is 11.6. The lowest BCUT2D eigenvalue weighted by atomic mass is 10.3. The van der Waals surface area contributed by atoms with Crippen LogP contribution in [0.3, 0.4) is 0 Å². The Labute approximate surface area is 118 Å². The first-order valence-corrected chi connectivity index (χ1v) is 6.35. The molecule has 0 fully saturated rings. The van der Waals surface area contributed by atoms with E-state index in [1.54, 1.807) is 10.6 Å². The Morgan fingerprint density at radius 3 is 2.74 bits per heavy atom. The molecular formula is C13H12BrN3O2. The van der Waals surface area contributed by atoms with Crippen molar-refractivity contribution in [3.8, 4) is 0 Å². The number of anilines is 2. The molecule has 5 nitrogen and oxygen atoms in total. The van der Waals surface area contributed by atoms with E-state index in [4.69, 9.17) is 5.73 Å². The van der Waals surface area contributed by atoms with E-state index in [0.29, 0.717) is 5.69 Å². The lowest BCUT2D eigenvalue weighted by Gasteiger charge is -2.09. The van der Waals surface area contributed by atoms with Gasteiger partial charge in [0, 0.05) is 22.9 Å². The topological polar surface area (TPSA) is 77.1 Å². The largest absolute Gasteiger partial charge is 0.394 e. The van der Waals surface area contributed by atoms with Crippen molar-refractivity contribution < 1.29 is 4.79 Å². The van der Waals surface area contributed by atoms with Crippen molar-refractivity contribution in [1.29, 1.82) is 0 Å². The van der Waals surface area contributed by atoms with E-state index in [1.165, 1.54) is 18.5 Å².